The lowest BCUT2D eigenvalue weighted by atomic mass is 9.84. The molecule has 0 unspecified atom stereocenters. The first-order valence-electron chi connectivity index (χ1n) is 4.94. The molecule has 15 heavy (non-hydrogen) atoms. The third-order valence-corrected chi connectivity index (χ3v) is 3.06. The maximum Gasteiger partial charge on any atom is 0.267 e. The molecule has 4 nitrogen and oxygen atoms in total. The summed E-state index contributed by atoms with van der Waals surface area (Å²) in [7, 11) is 0. The number of likely N-dealkylation sites (tertiary alicyclic amines) is 1. The van der Waals surface area contributed by atoms with E-state index in [9.17, 15) is 13.6 Å². The Labute approximate surface area is 86.4 Å². The number of rotatable bonds is 2. The molecule has 2 aliphatic heterocycles. The summed E-state index contributed by atoms with van der Waals surface area (Å²) >= 11 is 0. The van der Waals surface area contributed by atoms with Crippen LogP contribution in [0.2, 0.25) is 0 Å². The molecular weight excluding hydrogens is 206 g/mol. The van der Waals surface area contributed by atoms with Gasteiger partial charge in [-0.2, -0.15) is 0 Å². The number of hydrogen-bond donors (Lipinski definition) is 1. The van der Waals surface area contributed by atoms with E-state index in [0.29, 0.717) is 0 Å². The minimum absolute atomic E-state index is 0.119. The number of halogens is 2. The van der Waals surface area contributed by atoms with Crippen molar-refractivity contribution in [2.24, 2.45) is 11.1 Å². The largest absolute Gasteiger partial charge is 0.379 e. The van der Waals surface area contributed by atoms with Crippen molar-refractivity contribution in [1.29, 1.82) is 0 Å². The lowest BCUT2D eigenvalue weighted by molar-refractivity contribution is -0.170. The Hall–Kier alpha value is -0.750. The summed E-state index contributed by atoms with van der Waals surface area (Å²) in [5, 5.41) is 0. The van der Waals surface area contributed by atoms with E-state index in [0.717, 1.165) is 0 Å². The van der Waals surface area contributed by atoms with Gasteiger partial charge < -0.3 is 15.4 Å². The molecule has 6 heteroatoms. The Balaban J connectivity index is 2.03. The molecule has 2 aliphatic rings. The zero-order valence-electron chi connectivity index (χ0n) is 8.34. The summed E-state index contributed by atoms with van der Waals surface area (Å²) in [5.41, 5.74) is 4.75. The number of nitrogens with two attached hydrogens (primary N) is 1. The number of ether oxygens (including phenoxy) is 1. The maximum absolute atomic E-state index is 12.9. The number of hydrogen-bond acceptors (Lipinski definition) is 3. The SMILES string of the molecule is NCC1(C(=O)N2CCC(F)(F)C2)COC1. The van der Waals surface area contributed by atoms with Crippen LogP contribution in [0.3, 0.4) is 0 Å². The minimum Gasteiger partial charge on any atom is -0.379 e. The molecule has 0 atom stereocenters. The Morgan fingerprint density at radius 3 is 2.47 bits per heavy atom. The van der Waals surface area contributed by atoms with Crippen LogP contribution < -0.4 is 5.73 Å². The highest BCUT2D eigenvalue weighted by atomic mass is 19.3. The van der Waals surface area contributed by atoms with Crippen LogP contribution in [-0.2, 0) is 9.53 Å². The van der Waals surface area contributed by atoms with Crippen molar-refractivity contribution < 1.29 is 18.3 Å². The van der Waals surface area contributed by atoms with Gasteiger partial charge >= 0.3 is 0 Å². The molecule has 2 saturated heterocycles. The molecule has 0 spiro atoms. The summed E-state index contributed by atoms with van der Waals surface area (Å²) in [6, 6.07) is 0. The normalized spacial score (nSPS) is 27.5. The smallest absolute Gasteiger partial charge is 0.267 e. The van der Waals surface area contributed by atoms with Crippen molar-refractivity contribution >= 4 is 5.91 Å². The van der Waals surface area contributed by atoms with E-state index in [-0.39, 0.29) is 38.6 Å². The number of carbonyl (C=O) groups excluding carboxylic acids is 1. The molecule has 0 saturated carbocycles. The number of alkyl halides is 2. The van der Waals surface area contributed by atoms with Crippen LogP contribution in [0.15, 0.2) is 0 Å². The van der Waals surface area contributed by atoms with Gasteiger partial charge in [-0.25, -0.2) is 8.78 Å². The lowest BCUT2D eigenvalue weighted by Gasteiger charge is -2.41. The molecule has 86 valence electrons. The standard InChI is InChI=1S/C9H14F2N2O2/c10-9(11)1-2-13(4-9)7(14)8(3-12)5-15-6-8/h1-6,12H2. The molecule has 0 bridgehead atoms. The third kappa shape index (κ3) is 1.72. The van der Waals surface area contributed by atoms with Crippen molar-refractivity contribution in [2.75, 3.05) is 32.8 Å². The third-order valence-electron chi connectivity index (χ3n) is 3.06. The van der Waals surface area contributed by atoms with Gasteiger partial charge in [-0.15, -0.1) is 0 Å². The highest BCUT2D eigenvalue weighted by molar-refractivity contribution is 5.84. The van der Waals surface area contributed by atoms with Crippen LogP contribution in [0, 0.1) is 5.41 Å². The zero-order valence-corrected chi connectivity index (χ0v) is 8.34. The van der Waals surface area contributed by atoms with Crippen LogP contribution >= 0.6 is 0 Å². The molecule has 0 aromatic carbocycles. The molecule has 2 rings (SSSR count). The fourth-order valence-electron chi connectivity index (χ4n) is 1.92. The van der Waals surface area contributed by atoms with E-state index in [2.05, 4.69) is 0 Å². The highest BCUT2D eigenvalue weighted by Gasteiger charge is 2.50. The maximum atomic E-state index is 12.9. The summed E-state index contributed by atoms with van der Waals surface area (Å²) < 4.78 is 30.8. The summed E-state index contributed by atoms with van der Waals surface area (Å²) in [6.07, 6.45) is -0.250. The highest BCUT2D eigenvalue weighted by Crippen LogP contribution is 2.33. The molecule has 0 radical (unpaired) electrons. The predicted molar refractivity (Wildman–Crippen MR) is 48.5 cm³/mol. The second-order valence-electron chi connectivity index (χ2n) is 4.31. The topological polar surface area (TPSA) is 55.6 Å². The van der Waals surface area contributed by atoms with Crippen LogP contribution in [0.5, 0.6) is 0 Å². The zero-order chi connectivity index (χ0) is 11.1. The molecule has 0 aromatic heterocycles. The van der Waals surface area contributed by atoms with Gasteiger partial charge in [0.1, 0.15) is 5.41 Å². The fourth-order valence-corrected chi connectivity index (χ4v) is 1.92. The molecule has 2 N–H and O–H groups in total. The molecular formula is C9H14F2N2O2. The lowest BCUT2D eigenvalue weighted by Crippen LogP contribution is -2.58. The van der Waals surface area contributed by atoms with E-state index < -0.39 is 17.9 Å². The Morgan fingerprint density at radius 1 is 1.47 bits per heavy atom. The van der Waals surface area contributed by atoms with Crippen molar-refractivity contribution in [3.8, 4) is 0 Å². The average Bonchev–Trinajstić information content (AvgIpc) is 2.45. The summed E-state index contributed by atoms with van der Waals surface area (Å²) in [4.78, 5) is 13.1. The number of nitrogens with zero attached hydrogens (tertiary/aromatic N) is 1. The van der Waals surface area contributed by atoms with Gasteiger partial charge in [0, 0.05) is 19.5 Å². The predicted octanol–water partition coefficient (Wildman–Crippen LogP) is -0.171. The second kappa shape index (κ2) is 3.38. The molecule has 0 aliphatic carbocycles. The van der Waals surface area contributed by atoms with Gasteiger partial charge in [0.05, 0.1) is 19.8 Å². The van der Waals surface area contributed by atoms with E-state index in [4.69, 9.17) is 10.5 Å². The van der Waals surface area contributed by atoms with Gasteiger partial charge in [-0.3, -0.25) is 4.79 Å². The van der Waals surface area contributed by atoms with Gasteiger partial charge in [-0.05, 0) is 0 Å². The first-order chi connectivity index (χ1) is 6.99. The average molecular weight is 220 g/mol. The first kappa shape index (κ1) is 10.8. The molecule has 2 fully saturated rings. The quantitative estimate of drug-likeness (QED) is 0.703. The summed E-state index contributed by atoms with van der Waals surface area (Å²) in [6.45, 7) is 0.309. The van der Waals surface area contributed by atoms with E-state index >= 15 is 0 Å². The van der Waals surface area contributed by atoms with E-state index in [1.54, 1.807) is 0 Å². The Kier molecular flexibility index (Phi) is 2.42. The fraction of sp³-hybridized carbons (Fsp3) is 0.889. The van der Waals surface area contributed by atoms with Gasteiger partial charge in [0.25, 0.3) is 5.92 Å². The Bertz CT molecular complexity index is 274. The summed E-state index contributed by atoms with van der Waals surface area (Å²) in [5.74, 6) is -3.02. The van der Waals surface area contributed by atoms with Crippen LogP contribution in [0.25, 0.3) is 0 Å². The molecule has 0 aromatic rings. The van der Waals surface area contributed by atoms with Crippen molar-refractivity contribution in [1.82, 2.24) is 4.90 Å². The number of carbonyl (C=O) groups is 1. The molecule has 1 amide bonds. The van der Waals surface area contributed by atoms with E-state index in [1.807, 2.05) is 0 Å². The van der Waals surface area contributed by atoms with Crippen LogP contribution in [0.4, 0.5) is 8.78 Å². The van der Waals surface area contributed by atoms with Gasteiger partial charge in [0.15, 0.2) is 0 Å². The monoisotopic (exact) mass is 220 g/mol. The van der Waals surface area contributed by atoms with Crippen molar-refractivity contribution in [2.45, 2.75) is 12.3 Å². The first-order valence-corrected chi connectivity index (χ1v) is 4.94. The number of amides is 1. The van der Waals surface area contributed by atoms with E-state index in [1.165, 1.54) is 4.90 Å². The van der Waals surface area contributed by atoms with Crippen LogP contribution in [-0.4, -0.2) is 49.6 Å². The second-order valence-corrected chi connectivity index (χ2v) is 4.31. The van der Waals surface area contributed by atoms with Crippen molar-refractivity contribution in [3.63, 3.8) is 0 Å². The van der Waals surface area contributed by atoms with Crippen LogP contribution in [0.1, 0.15) is 6.42 Å². The minimum atomic E-state index is -2.74. The van der Waals surface area contributed by atoms with Gasteiger partial charge in [0.2, 0.25) is 5.91 Å². The van der Waals surface area contributed by atoms with Gasteiger partial charge in [-0.1, -0.05) is 0 Å². The van der Waals surface area contributed by atoms with Crippen molar-refractivity contribution in [3.05, 3.63) is 0 Å². The Morgan fingerprint density at radius 2 is 2.13 bits per heavy atom. The molecule has 2 heterocycles.